The lowest BCUT2D eigenvalue weighted by atomic mass is 9.44. The fraction of sp³-hybridized carbons (Fsp3) is 0.583. The lowest BCUT2D eigenvalue weighted by molar-refractivity contribution is -0.118. The van der Waals surface area contributed by atoms with E-state index < -0.39 is 6.17 Å². The number of nitrogens with zero attached hydrogens (tertiary/aromatic N) is 1. The van der Waals surface area contributed by atoms with Crippen molar-refractivity contribution in [3.05, 3.63) is 53.9 Å². The number of hydrogen-bond acceptors (Lipinski definition) is 2. The predicted octanol–water partition coefficient (Wildman–Crippen LogP) is 5.42. The molecule has 0 amide bonds. The van der Waals surface area contributed by atoms with E-state index in [0.29, 0.717) is 24.2 Å². The van der Waals surface area contributed by atoms with Crippen LogP contribution >= 0.6 is 0 Å². The average Bonchev–Trinajstić information content (AvgIpc) is 3.06. The Morgan fingerprint density at radius 2 is 2.07 bits per heavy atom. The molecule has 4 aliphatic rings. The zero-order valence-electron chi connectivity index (χ0n) is 16.2. The van der Waals surface area contributed by atoms with Gasteiger partial charge in [0.25, 0.3) is 0 Å². The molecule has 2 fully saturated rings. The minimum absolute atomic E-state index is 0.0942. The van der Waals surface area contributed by atoms with Crippen LogP contribution in [0.5, 0.6) is 0 Å². The molecular weight excluding hydrogens is 337 g/mol. The number of allylic oxidation sites excluding steroid dienone is 4. The fourth-order valence-corrected chi connectivity index (χ4v) is 7.01. The smallest absolute Gasteiger partial charge is 0.155 e. The van der Waals surface area contributed by atoms with Crippen molar-refractivity contribution in [3.8, 4) is 0 Å². The summed E-state index contributed by atoms with van der Waals surface area (Å²) < 4.78 is 16.2. The Morgan fingerprint density at radius 1 is 1.22 bits per heavy atom. The van der Waals surface area contributed by atoms with Crippen LogP contribution in [0.15, 0.2) is 48.3 Å². The van der Waals surface area contributed by atoms with Crippen molar-refractivity contribution < 1.29 is 9.18 Å². The number of fused-ring (bicyclic) bond motifs is 5. The standard InChI is InChI=1S/C24H28FNO/c1-23-9-3-6-17(23)21-18(8-10-23)24(2)11-7-16(27)13-19(24)22(25)20(21)15-5-4-12-26-14-15/h3-5,9,12-14,17-18,20-22H,6-8,10-11H2,1-2H3/t17-,18-,20?,21-,22-,23-,24+/m0/s1. The first-order valence-electron chi connectivity index (χ1n) is 10.4. The van der Waals surface area contributed by atoms with Crippen molar-refractivity contribution in [2.45, 2.75) is 58.0 Å². The van der Waals surface area contributed by atoms with E-state index in [4.69, 9.17) is 0 Å². The molecule has 1 aromatic heterocycles. The van der Waals surface area contributed by atoms with E-state index in [1.54, 1.807) is 12.3 Å². The minimum Gasteiger partial charge on any atom is -0.295 e. The summed E-state index contributed by atoms with van der Waals surface area (Å²) in [4.78, 5) is 16.5. The highest BCUT2D eigenvalue weighted by Gasteiger charge is 2.61. The molecule has 0 radical (unpaired) electrons. The molecule has 7 atom stereocenters. The highest BCUT2D eigenvalue weighted by Crippen LogP contribution is 2.67. The first kappa shape index (κ1) is 17.3. The minimum atomic E-state index is -1.09. The number of ketones is 1. The quantitative estimate of drug-likeness (QED) is 0.622. The maximum Gasteiger partial charge on any atom is 0.155 e. The van der Waals surface area contributed by atoms with Crippen LogP contribution in [0.3, 0.4) is 0 Å². The van der Waals surface area contributed by atoms with E-state index in [1.807, 2.05) is 18.3 Å². The molecule has 142 valence electrons. The molecule has 0 aliphatic heterocycles. The zero-order valence-corrected chi connectivity index (χ0v) is 16.2. The Bertz CT molecular complexity index is 830. The van der Waals surface area contributed by atoms with Gasteiger partial charge in [0.05, 0.1) is 0 Å². The lowest BCUT2D eigenvalue weighted by Crippen LogP contribution is -2.55. The number of halogens is 1. The molecule has 3 heteroatoms. The van der Waals surface area contributed by atoms with Gasteiger partial charge in [-0.25, -0.2) is 4.39 Å². The summed E-state index contributed by atoms with van der Waals surface area (Å²) in [5.41, 5.74) is 1.77. The van der Waals surface area contributed by atoms with E-state index in [0.717, 1.165) is 30.4 Å². The predicted molar refractivity (Wildman–Crippen MR) is 104 cm³/mol. The van der Waals surface area contributed by atoms with Crippen LogP contribution in [0.1, 0.15) is 57.4 Å². The van der Waals surface area contributed by atoms with Gasteiger partial charge in [0, 0.05) is 24.7 Å². The van der Waals surface area contributed by atoms with Crippen molar-refractivity contribution in [2.75, 3.05) is 0 Å². The SMILES string of the molecule is C[C@@]12C=CC[C@H]1[C@@H]1C(c3cccnc3)[C@@H](F)C3=CC(=O)CC[C@]3(C)[C@H]1CC2. The van der Waals surface area contributed by atoms with E-state index in [2.05, 4.69) is 31.0 Å². The summed E-state index contributed by atoms with van der Waals surface area (Å²) >= 11 is 0. The number of rotatable bonds is 1. The highest BCUT2D eigenvalue weighted by molar-refractivity contribution is 5.92. The van der Waals surface area contributed by atoms with Crippen LogP contribution in [0.4, 0.5) is 4.39 Å². The van der Waals surface area contributed by atoms with E-state index >= 15 is 4.39 Å². The second kappa shape index (κ2) is 5.86. The van der Waals surface area contributed by atoms with Crippen LogP contribution in [0, 0.1) is 28.6 Å². The molecule has 5 rings (SSSR count). The number of hydrogen-bond donors (Lipinski definition) is 0. The van der Waals surface area contributed by atoms with Gasteiger partial charge in [0.1, 0.15) is 6.17 Å². The third-order valence-electron chi connectivity index (χ3n) is 8.44. The summed E-state index contributed by atoms with van der Waals surface area (Å²) in [7, 11) is 0. The topological polar surface area (TPSA) is 30.0 Å². The molecular formula is C24H28FNO. The van der Waals surface area contributed by atoms with Gasteiger partial charge in [-0.2, -0.15) is 0 Å². The molecule has 0 bridgehead atoms. The summed E-state index contributed by atoms with van der Waals surface area (Å²) in [6.07, 6.45) is 13.6. The van der Waals surface area contributed by atoms with Crippen molar-refractivity contribution in [1.82, 2.24) is 4.98 Å². The Hall–Kier alpha value is -1.77. The van der Waals surface area contributed by atoms with Gasteiger partial charge in [-0.05, 0) is 77.5 Å². The molecule has 0 N–H and O–H groups in total. The van der Waals surface area contributed by atoms with Gasteiger partial charge in [-0.1, -0.05) is 32.1 Å². The van der Waals surface area contributed by atoms with E-state index in [-0.39, 0.29) is 22.5 Å². The molecule has 0 saturated heterocycles. The van der Waals surface area contributed by atoms with Crippen LogP contribution in [-0.2, 0) is 4.79 Å². The molecule has 1 heterocycles. The second-order valence-corrected chi connectivity index (χ2v) is 9.67. The lowest BCUT2D eigenvalue weighted by Gasteiger charge is -2.60. The normalized spacial score (nSPS) is 45.7. The maximum atomic E-state index is 16.2. The van der Waals surface area contributed by atoms with Gasteiger partial charge in [-0.15, -0.1) is 0 Å². The van der Waals surface area contributed by atoms with E-state index in [9.17, 15) is 4.79 Å². The van der Waals surface area contributed by atoms with Crippen LogP contribution in [0.25, 0.3) is 0 Å². The molecule has 4 aliphatic carbocycles. The largest absolute Gasteiger partial charge is 0.295 e. The van der Waals surface area contributed by atoms with Crippen LogP contribution in [0.2, 0.25) is 0 Å². The van der Waals surface area contributed by atoms with Gasteiger partial charge in [-0.3, -0.25) is 9.78 Å². The average molecular weight is 365 g/mol. The molecule has 0 spiro atoms. The molecule has 0 aromatic carbocycles. The third-order valence-corrected chi connectivity index (χ3v) is 8.44. The van der Waals surface area contributed by atoms with Crippen LogP contribution < -0.4 is 0 Å². The van der Waals surface area contributed by atoms with Crippen molar-refractivity contribution in [2.24, 2.45) is 28.6 Å². The number of aromatic nitrogens is 1. The third kappa shape index (κ3) is 2.36. The Kier molecular flexibility index (Phi) is 3.76. The zero-order chi connectivity index (χ0) is 18.8. The number of carbonyl (C=O) groups excluding carboxylic acids is 1. The molecule has 27 heavy (non-hydrogen) atoms. The maximum absolute atomic E-state index is 16.2. The summed E-state index contributed by atoms with van der Waals surface area (Å²) in [6.45, 7) is 4.60. The molecule has 1 aromatic rings. The first-order chi connectivity index (χ1) is 12.9. The Morgan fingerprint density at radius 3 is 2.85 bits per heavy atom. The molecule has 2 nitrogen and oxygen atoms in total. The summed E-state index contributed by atoms with van der Waals surface area (Å²) in [5.74, 6) is 1.12. The number of alkyl halides is 1. The summed E-state index contributed by atoms with van der Waals surface area (Å²) in [6, 6.07) is 3.95. The van der Waals surface area contributed by atoms with Gasteiger partial charge >= 0.3 is 0 Å². The van der Waals surface area contributed by atoms with Crippen molar-refractivity contribution in [3.63, 3.8) is 0 Å². The van der Waals surface area contributed by atoms with Gasteiger partial charge < -0.3 is 0 Å². The highest BCUT2D eigenvalue weighted by atomic mass is 19.1. The molecule has 2 saturated carbocycles. The fourth-order valence-electron chi connectivity index (χ4n) is 7.01. The Balaban J connectivity index is 1.68. The number of carbonyl (C=O) groups is 1. The van der Waals surface area contributed by atoms with Crippen molar-refractivity contribution >= 4 is 5.78 Å². The Labute approximate surface area is 161 Å². The summed E-state index contributed by atoms with van der Waals surface area (Å²) in [5, 5.41) is 0. The van der Waals surface area contributed by atoms with Gasteiger partial charge in [0.2, 0.25) is 0 Å². The first-order valence-corrected chi connectivity index (χ1v) is 10.4. The second-order valence-electron chi connectivity index (χ2n) is 9.67. The van der Waals surface area contributed by atoms with Crippen molar-refractivity contribution in [1.29, 1.82) is 0 Å². The van der Waals surface area contributed by atoms with Gasteiger partial charge in [0.15, 0.2) is 5.78 Å². The van der Waals surface area contributed by atoms with Crippen LogP contribution in [-0.4, -0.2) is 16.9 Å². The monoisotopic (exact) mass is 365 g/mol. The van der Waals surface area contributed by atoms with E-state index in [1.165, 1.54) is 6.42 Å². The number of pyridine rings is 1. The molecule has 1 unspecified atom stereocenters.